The van der Waals surface area contributed by atoms with Crippen LogP contribution in [0.2, 0.25) is 0 Å². The Bertz CT molecular complexity index is 526. The van der Waals surface area contributed by atoms with Gasteiger partial charge >= 0.3 is 0 Å². The number of hydrogen-bond acceptors (Lipinski definition) is 3. The van der Waals surface area contributed by atoms with Gasteiger partial charge in [0, 0.05) is 12.5 Å². The molecular weight excluding hydrogens is 257 g/mol. The average molecular weight is 273 g/mol. The molecule has 0 aromatic heterocycles. The van der Waals surface area contributed by atoms with Gasteiger partial charge in [-0.05, 0) is 32.0 Å². The Morgan fingerprint density at radius 2 is 2.06 bits per heavy atom. The van der Waals surface area contributed by atoms with Crippen LogP contribution in [0.15, 0.2) is 29.2 Å². The molecule has 1 rings (SSSR count). The maximum absolute atomic E-state index is 12.9. The first-order valence-electron chi connectivity index (χ1n) is 5.59. The van der Waals surface area contributed by atoms with E-state index >= 15 is 0 Å². The summed E-state index contributed by atoms with van der Waals surface area (Å²) in [7, 11) is -3.61. The van der Waals surface area contributed by atoms with Crippen LogP contribution in [0.3, 0.4) is 0 Å². The Labute approximate surface area is 106 Å². The molecule has 4 nitrogen and oxygen atoms in total. The van der Waals surface area contributed by atoms with E-state index < -0.39 is 15.7 Å². The van der Waals surface area contributed by atoms with Crippen molar-refractivity contribution in [1.29, 1.82) is 0 Å². The number of halogens is 1. The summed E-state index contributed by atoms with van der Waals surface area (Å²) < 4.78 is 36.6. The molecule has 0 radical (unpaired) electrons. The fourth-order valence-corrected chi connectivity index (χ4v) is 2.67. The SMILES string of the molecule is CC(C)NC(=O)CCS(=O)(=O)c1cccc(F)c1. The van der Waals surface area contributed by atoms with Crippen molar-refractivity contribution in [3.05, 3.63) is 30.1 Å². The topological polar surface area (TPSA) is 63.2 Å². The van der Waals surface area contributed by atoms with E-state index in [9.17, 15) is 17.6 Å². The van der Waals surface area contributed by atoms with Gasteiger partial charge in [0.05, 0.1) is 10.6 Å². The van der Waals surface area contributed by atoms with Gasteiger partial charge in [-0.1, -0.05) is 6.07 Å². The lowest BCUT2D eigenvalue weighted by Crippen LogP contribution is -2.31. The molecule has 0 bridgehead atoms. The van der Waals surface area contributed by atoms with Gasteiger partial charge in [0.2, 0.25) is 5.91 Å². The third-order valence-electron chi connectivity index (χ3n) is 2.20. The highest BCUT2D eigenvalue weighted by atomic mass is 32.2. The first-order valence-corrected chi connectivity index (χ1v) is 7.24. The maximum Gasteiger partial charge on any atom is 0.221 e. The van der Waals surface area contributed by atoms with Crippen LogP contribution in [-0.4, -0.2) is 26.1 Å². The maximum atomic E-state index is 12.9. The van der Waals surface area contributed by atoms with Crippen LogP contribution in [0.4, 0.5) is 4.39 Å². The number of carbonyl (C=O) groups is 1. The van der Waals surface area contributed by atoms with Gasteiger partial charge < -0.3 is 5.32 Å². The highest BCUT2D eigenvalue weighted by molar-refractivity contribution is 7.91. The highest BCUT2D eigenvalue weighted by Gasteiger charge is 2.17. The van der Waals surface area contributed by atoms with Crippen molar-refractivity contribution in [1.82, 2.24) is 5.32 Å². The number of nitrogens with one attached hydrogen (secondary N) is 1. The van der Waals surface area contributed by atoms with Crippen molar-refractivity contribution in [3.63, 3.8) is 0 Å². The summed E-state index contributed by atoms with van der Waals surface area (Å²) in [6.07, 6.45) is -0.128. The number of carbonyl (C=O) groups excluding carboxylic acids is 1. The molecule has 0 atom stereocenters. The second kappa shape index (κ2) is 5.95. The molecule has 100 valence electrons. The molecule has 0 aliphatic carbocycles. The second-order valence-corrected chi connectivity index (χ2v) is 6.36. The molecule has 0 aliphatic rings. The van der Waals surface area contributed by atoms with Gasteiger partial charge in [0.25, 0.3) is 0 Å². The normalized spacial score (nSPS) is 11.6. The van der Waals surface area contributed by atoms with E-state index in [1.807, 2.05) is 0 Å². The summed E-state index contributed by atoms with van der Waals surface area (Å²) in [4.78, 5) is 11.3. The summed E-state index contributed by atoms with van der Waals surface area (Å²) in [6.45, 7) is 3.58. The fourth-order valence-electron chi connectivity index (χ4n) is 1.40. The fraction of sp³-hybridized carbons (Fsp3) is 0.417. The molecule has 6 heteroatoms. The Balaban J connectivity index is 2.69. The van der Waals surface area contributed by atoms with Crippen molar-refractivity contribution >= 4 is 15.7 Å². The zero-order valence-electron chi connectivity index (χ0n) is 10.3. The standard InChI is InChI=1S/C12H16FNO3S/c1-9(2)14-12(15)6-7-18(16,17)11-5-3-4-10(13)8-11/h3-5,8-9H,6-7H2,1-2H3,(H,14,15). The average Bonchev–Trinajstić information content (AvgIpc) is 2.26. The minimum atomic E-state index is -3.61. The zero-order valence-corrected chi connectivity index (χ0v) is 11.1. The molecule has 0 aliphatic heterocycles. The summed E-state index contributed by atoms with van der Waals surface area (Å²) in [5, 5.41) is 2.60. The van der Waals surface area contributed by atoms with Gasteiger partial charge in [0.15, 0.2) is 9.84 Å². The first-order chi connectivity index (χ1) is 8.31. The molecule has 1 amide bonds. The van der Waals surface area contributed by atoms with E-state index in [1.54, 1.807) is 13.8 Å². The monoisotopic (exact) mass is 273 g/mol. The predicted molar refractivity (Wildman–Crippen MR) is 66.3 cm³/mol. The number of rotatable bonds is 5. The Morgan fingerprint density at radius 1 is 1.39 bits per heavy atom. The third-order valence-corrected chi connectivity index (χ3v) is 3.92. The first kappa shape index (κ1) is 14.6. The number of amides is 1. The van der Waals surface area contributed by atoms with Gasteiger partial charge in [-0.25, -0.2) is 12.8 Å². The number of sulfone groups is 1. The third kappa shape index (κ3) is 4.44. The van der Waals surface area contributed by atoms with Crippen molar-refractivity contribution < 1.29 is 17.6 Å². The lowest BCUT2D eigenvalue weighted by atomic mass is 10.3. The summed E-state index contributed by atoms with van der Waals surface area (Å²) in [5.74, 6) is -1.26. The van der Waals surface area contributed by atoms with Crippen molar-refractivity contribution in [2.24, 2.45) is 0 Å². The van der Waals surface area contributed by atoms with Crippen LogP contribution in [0, 0.1) is 5.82 Å². The molecule has 0 fully saturated rings. The Kier molecular flexibility index (Phi) is 4.84. The lowest BCUT2D eigenvalue weighted by Gasteiger charge is -2.08. The molecule has 1 aromatic rings. The Morgan fingerprint density at radius 3 is 2.61 bits per heavy atom. The van der Waals surface area contributed by atoms with Crippen LogP contribution in [0.1, 0.15) is 20.3 Å². The van der Waals surface area contributed by atoms with E-state index in [2.05, 4.69) is 5.32 Å². The zero-order chi connectivity index (χ0) is 13.8. The molecule has 0 unspecified atom stereocenters. The van der Waals surface area contributed by atoms with E-state index in [0.717, 1.165) is 6.07 Å². The van der Waals surface area contributed by atoms with E-state index in [0.29, 0.717) is 0 Å². The molecule has 1 aromatic carbocycles. The van der Waals surface area contributed by atoms with Crippen molar-refractivity contribution in [2.75, 3.05) is 5.75 Å². The number of hydrogen-bond donors (Lipinski definition) is 1. The van der Waals surface area contributed by atoms with Gasteiger partial charge in [-0.3, -0.25) is 4.79 Å². The van der Waals surface area contributed by atoms with Gasteiger partial charge in [-0.15, -0.1) is 0 Å². The van der Waals surface area contributed by atoms with E-state index in [1.165, 1.54) is 18.2 Å². The van der Waals surface area contributed by atoms with Crippen molar-refractivity contribution in [3.8, 4) is 0 Å². The largest absolute Gasteiger partial charge is 0.354 e. The minimum Gasteiger partial charge on any atom is -0.354 e. The van der Waals surface area contributed by atoms with E-state index in [-0.39, 0.29) is 29.0 Å². The van der Waals surface area contributed by atoms with Gasteiger partial charge in [-0.2, -0.15) is 0 Å². The van der Waals surface area contributed by atoms with Crippen LogP contribution < -0.4 is 5.32 Å². The predicted octanol–water partition coefficient (Wildman–Crippen LogP) is 1.51. The Hall–Kier alpha value is -1.43. The lowest BCUT2D eigenvalue weighted by molar-refractivity contribution is -0.121. The minimum absolute atomic E-state index is 0.0330. The molecule has 0 spiro atoms. The summed E-state index contributed by atoms with van der Waals surface area (Å²) in [5.41, 5.74) is 0. The molecular formula is C12H16FNO3S. The van der Waals surface area contributed by atoms with Crippen LogP contribution >= 0.6 is 0 Å². The van der Waals surface area contributed by atoms with Crippen LogP contribution in [-0.2, 0) is 14.6 Å². The van der Waals surface area contributed by atoms with Crippen LogP contribution in [0.5, 0.6) is 0 Å². The molecule has 0 saturated carbocycles. The van der Waals surface area contributed by atoms with Gasteiger partial charge in [0.1, 0.15) is 5.82 Å². The molecule has 0 saturated heterocycles. The smallest absolute Gasteiger partial charge is 0.221 e. The second-order valence-electron chi connectivity index (χ2n) is 4.25. The molecule has 18 heavy (non-hydrogen) atoms. The quantitative estimate of drug-likeness (QED) is 0.884. The molecule has 1 N–H and O–H groups in total. The molecule has 0 heterocycles. The van der Waals surface area contributed by atoms with Crippen molar-refractivity contribution in [2.45, 2.75) is 31.2 Å². The van der Waals surface area contributed by atoms with Crippen LogP contribution in [0.25, 0.3) is 0 Å². The summed E-state index contributed by atoms with van der Waals surface area (Å²) >= 11 is 0. The summed E-state index contributed by atoms with van der Waals surface area (Å²) in [6, 6.07) is 4.74. The highest BCUT2D eigenvalue weighted by Crippen LogP contribution is 2.13. The van der Waals surface area contributed by atoms with E-state index in [4.69, 9.17) is 0 Å². The number of benzene rings is 1.